The van der Waals surface area contributed by atoms with Gasteiger partial charge in [-0.25, -0.2) is 0 Å². The van der Waals surface area contributed by atoms with Crippen LogP contribution in [-0.2, 0) is 4.74 Å². The molecule has 16 heavy (non-hydrogen) atoms. The first-order valence-electron chi connectivity index (χ1n) is 7.17. The molecule has 2 bridgehead atoms. The Morgan fingerprint density at radius 1 is 1.19 bits per heavy atom. The zero-order valence-electron chi connectivity index (χ0n) is 11.3. The van der Waals surface area contributed by atoms with Gasteiger partial charge < -0.3 is 4.74 Å². The van der Waals surface area contributed by atoms with Crippen molar-refractivity contribution < 1.29 is 4.74 Å². The van der Waals surface area contributed by atoms with Crippen molar-refractivity contribution in [1.29, 1.82) is 0 Å². The summed E-state index contributed by atoms with van der Waals surface area (Å²) in [6, 6.07) is 0. The maximum atomic E-state index is 6.64. The molecule has 5 atom stereocenters. The van der Waals surface area contributed by atoms with E-state index in [4.69, 9.17) is 4.74 Å². The molecule has 3 fully saturated rings. The summed E-state index contributed by atoms with van der Waals surface area (Å²) in [5.74, 6) is 3.43. The third-order valence-corrected chi connectivity index (χ3v) is 5.94. The van der Waals surface area contributed by atoms with Gasteiger partial charge in [0.15, 0.2) is 0 Å². The number of hydrogen-bond donors (Lipinski definition) is 0. The van der Waals surface area contributed by atoms with Crippen molar-refractivity contribution in [3.8, 4) is 0 Å². The molecule has 1 heteroatoms. The Morgan fingerprint density at radius 2 is 1.94 bits per heavy atom. The van der Waals surface area contributed by atoms with Gasteiger partial charge in [-0.3, -0.25) is 0 Å². The molecule has 92 valence electrons. The molecule has 3 rings (SSSR count). The summed E-state index contributed by atoms with van der Waals surface area (Å²) in [5.41, 5.74) is 0.456. The van der Waals surface area contributed by atoms with Crippen molar-refractivity contribution in [2.24, 2.45) is 23.7 Å². The van der Waals surface area contributed by atoms with Crippen LogP contribution >= 0.6 is 0 Å². The predicted molar refractivity (Wildman–Crippen MR) is 66.3 cm³/mol. The van der Waals surface area contributed by atoms with Gasteiger partial charge in [0.1, 0.15) is 0 Å². The van der Waals surface area contributed by atoms with Crippen LogP contribution in [-0.4, -0.2) is 11.2 Å². The fourth-order valence-electron chi connectivity index (χ4n) is 4.97. The summed E-state index contributed by atoms with van der Waals surface area (Å²) in [6.07, 6.45) is 6.74. The molecule has 0 aromatic heterocycles. The Morgan fingerprint density at radius 3 is 2.62 bits per heavy atom. The Hall–Kier alpha value is -0.0400. The van der Waals surface area contributed by atoms with Crippen molar-refractivity contribution in [1.82, 2.24) is 0 Å². The van der Waals surface area contributed by atoms with Crippen LogP contribution in [0.5, 0.6) is 0 Å². The largest absolute Gasteiger partial charge is 0.368 e. The summed E-state index contributed by atoms with van der Waals surface area (Å²) in [5, 5.41) is 0. The minimum Gasteiger partial charge on any atom is -0.368 e. The van der Waals surface area contributed by atoms with E-state index in [0.29, 0.717) is 5.92 Å². The standard InChI is InChI=1S/C15H26O/c1-10(2)15-8-5-11(3)12-6-7-14(4,16-15)9-13(12)15/h10-13H,5-9H2,1-4H3. The fourth-order valence-corrected chi connectivity index (χ4v) is 4.97. The van der Waals surface area contributed by atoms with Crippen molar-refractivity contribution in [3.05, 3.63) is 0 Å². The van der Waals surface area contributed by atoms with E-state index in [1.54, 1.807) is 0 Å². The van der Waals surface area contributed by atoms with Crippen molar-refractivity contribution >= 4 is 0 Å². The molecule has 1 saturated heterocycles. The van der Waals surface area contributed by atoms with Crippen LogP contribution < -0.4 is 0 Å². The van der Waals surface area contributed by atoms with E-state index in [-0.39, 0.29) is 11.2 Å². The predicted octanol–water partition coefficient (Wildman–Crippen LogP) is 4.02. The lowest BCUT2D eigenvalue weighted by atomic mass is 9.57. The van der Waals surface area contributed by atoms with Gasteiger partial charge in [0.25, 0.3) is 0 Å². The minimum absolute atomic E-state index is 0.218. The first-order chi connectivity index (χ1) is 7.47. The summed E-state index contributed by atoms with van der Waals surface area (Å²) in [4.78, 5) is 0. The second kappa shape index (κ2) is 3.25. The molecule has 2 saturated carbocycles. The number of rotatable bonds is 1. The zero-order valence-corrected chi connectivity index (χ0v) is 11.3. The molecule has 0 spiro atoms. The second-order valence-electron chi connectivity index (χ2n) is 7.19. The fraction of sp³-hybridized carbons (Fsp3) is 1.00. The van der Waals surface area contributed by atoms with Gasteiger partial charge in [-0.1, -0.05) is 20.8 Å². The van der Waals surface area contributed by atoms with Gasteiger partial charge in [0, 0.05) is 0 Å². The van der Waals surface area contributed by atoms with Crippen molar-refractivity contribution in [3.63, 3.8) is 0 Å². The molecule has 0 radical (unpaired) electrons. The highest BCUT2D eigenvalue weighted by Gasteiger charge is 2.62. The van der Waals surface area contributed by atoms with Crippen molar-refractivity contribution in [2.75, 3.05) is 0 Å². The normalized spacial score (nSPS) is 55.7. The van der Waals surface area contributed by atoms with Crippen LogP contribution in [0, 0.1) is 23.7 Å². The van der Waals surface area contributed by atoms with Gasteiger partial charge in [-0.15, -0.1) is 0 Å². The summed E-state index contributed by atoms with van der Waals surface area (Å²) in [7, 11) is 0. The van der Waals surface area contributed by atoms with Crippen LogP contribution in [0.3, 0.4) is 0 Å². The lowest BCUT2D eigenvalue weighted by molar-refractivity contribution is -0.141. The van der Waals surface area contributed by atoms with E-state index in [1.807, 2.05) is 0 Å². The first-order valence-corrected chi connectivity index (χ1v) is 7.17. The lowest BCUT2D eigenvalue weighted by Crippen LogP contribution is -2.48. The molecule has 1 nitrogen and oxygen atoms in total. The zero-order chi connectivity index (χ0) is 11.6. The Kier molecular flexibility index (Phi) is 2.25. The van der Waals surface area contributed by atoms with Crippen molar-refractivity contribution in [2.45, 2.75) is 71.0 Å². The number of ether oxygens (including phenoxy) is 1. The third-order valence-electron chi connectivity index (χ3n) is 5.94. The van der Waals surface area contributed by atoms with E-state index < -0.39 is 0 Å². The maximum absolute atomic E-state index is 6.64. The summed E-state index contributed by atoms with van der Waals surface area (Å²) in [6.45, 7) is 9.57. The topological polar surface area (TPSA) is 9.23 Å². The highest BCUT2D eigenvalue weighted by Crippen LogP contribution is 2.62. The molecule has 1 aliphatic heterocycles. The molecule has 0 aromatic rings. The number of hydrogen-bond acceptors (Lipinski definition) is 1. The van der Waals surface area contributed by atoms with Gasteiger partial charge in [-0.05, 0) is 62.7 Å². The maximum Gasteiger partial charge on any atom is 0.0744 e. The third kappa shape index (κ3) is 1.27. The molecule has 0 aromatic carbocycles. The molecule has 5 unspecified atom stereocenters. The average Bonchev–Trinajstić information content (AvgIpc) is 2.48. The summed E-state index contributed by atoms with van der Waals surface area (Å²) >= 11 is 0. The van der Waals surface area contributed by atoms with E-state index in [0.717, 1.165) is 17.8 Å². The van der Waals surface area contributed by atoms with E-state index in [1.165, 1.54) is 32.1 Å². The molecular weight excluding hydrogens is 196 g/mol. The monoisotopic (exact) mass is 222 g/mol. The van der Waals surface area contributed by atoms with E-state index in [9.17, 15) is 0 Å². The van der Waals surface area contributed by atoms with Crippen LogP contribution in [0.25, 0.3) is 0 Å². The highest BCUT2D eigenvalue weighted by atomic mass is 16.5. The van der Waals surface area contributed by atoms with Crippen LogP contribution in [0.1, 0.15) is 59.8 Å². The molecule has 1 heterocycles. The Bertz CT molecular complexity index is 298. The SMILES string of the molecule is CC1CCC2(C(C)C)OC3(C)CCC1C2C3. The highest BCUT2D eigenvalue weighted by molar-refractivity contribution is 5.11. The van der Waals surface area contributed by atoms with Gasteiger partial charge in [0.05, 0.1) is 11.2 Å². The number of fused-ring (bicyclic) bond motifs is 1. The summed E-state index contributed by atoms with van der Waals surface area (Å²) < 4.78 is 6.64. The smallest absolute Gasteiger partial charge is 0.0744 e. The van der Waals surface area contributed by atoms with Crippen LogP contribution in [0.15, 0.2) is 0 Å². The molecule has 0 N–H and O–H groups in total. The first kappa shape index (κ1) is 11.1. The Labute approximate surface area is 99.9 Å². The lowest BCUT2D eigenvalue weighted by Gasteiger charge is -2.48. The molecule has 3 aliphatic rings. The second-order valence-corrected chi connectivity index (χ2v) is 7.19. The Balaban J connectivity index is 2.00. The molecule has 2 aliphatic carbocycles. The van der Waals surface area contributed by atoms with E-state index >= 15 is 0 Å². The minimum atomic E-state index is 0.218. The quantitative estimate of drug-likeness (QED) is 0.651. The van der Waals surface area contributed by atoms with Gasteiger partial charge >= 0.3 is 0 Å². The molecule has 0 amide bonds. The van der Waals surface area contributed by atoms with Crippen LogP contribution in [0.4, 0.5) is 0 Å². The van der Waals surface area contributed by atoms with Gasteiger partial charge in [-0.2, -0.15) is 0 Å². The van der Waals surface area contributed by atoms with Gasteiger partial charge in [0.2, 0.25) is 0 Å². The average molecular weight is 222 g/mol. The molecular formula is C15H26O. The van der Waals surface area contributed by atoms with Crippen LogP contribution in [0.2, 0.25) is 0 Å². The van der Waals surface area contributed by atoms with E-state index in [2.05, 4.69) is 27.7 Å².